The van der Waals surface area contributed by atoms with Crippen LogP contribution in [0.15, 0.2) is 12.2 Å². The van der Waals surface area contributed by atoms with Crippen molar-refractivity contribution in [2.24, 2.45) is 0 Å². The molecule has 0 aliphatic heterocycles. The zero-order chi connectivity index (χ0) is 12.6. The van der Waals surface area contributed by atoms with Crippen molar-refractivity contribution in [3.05, 3.63) is 12.2 Å². The van der Waals surface area contributed by atoms with Gasteiger partial charge in [-0.15, -0.1) is 0 Å². The van der Waals surface area contributed by atoms with Crippen molar-refractivity contribution in [2.45, 2.75) is 20.3 Å². The van der Waals surface area contributed by atoms with Crippen LogP contribution in [0.25, 0.3) is 0 Å². The van der Waals surface area contributed by atoms with Crippen molar-refractivity contribution in [1.82, 2.24) is 4.90 Å². The van der Waals surface area contributed by atoms with E-state index < -0.39 is 15.7 Å². The van der Waals surface area contributed by atoms with Gasteiger partial charge in [-0.1, -0.05) is 13.0 Å². The summed E-state index contributed by atoms with van der Waals surface area (Å²) < 4.78 is 22.3. The summed E-state index contributed by atoms with van der Waals surface area (Å²) in [6, 6.07) is 0. The fourth-order valence-electron chi connectivity index (χ4n) is 1.05. The van der Waals surface area contributed by atoms with Crippen LogP contribution in [0.5, 0.6) is 0 Å². The summed E-state index contributed by atoms with van der Waals surface area (Å²) >= 11 is 0. The van der Waals surface area contributed by atoms with Gasteiger partial charge in [0.1, 0.15) is 9.84 Å². The van der Waals surface area contributed by atoms with E-state index in [1.54, 1.807) is 13.8 Å². The normalized spacial score (nSPS) is 11.6. The second kappa shape index (κ2) is 7.16. The van der Waals surface area contributed by atoms with Gasteiger partial charge < -0.3 is 0 Å². The van der Waals surface area contributed by atoms with Gasteiger partial charge in [0.2, 0.25) is 6.41 Å². The van der Waals surface area contributed by atoms with Gasteiger partial charge in [0.05, 0.1) is 5.75 Å². The lowest BCUT2D eigenvalue weighted by Gasteiger charge is -2.12. The lowest BCUT2D eigenvalue weighted by molar-refractivity contribution is -0.134. The van der Waals surface area contributed by atoms with Crippen molar-refractivity contribution in [3.63, 3.8) is 0 Å². The van der Waals surface area contributed by atoms with Gasteiger partial charge in [-0.2, -0.15) is 0 Å². The van der Waals surface area contributed by atoms with Gasteiger partial charge in [-0.05, 0) is 19.4 Å². The molecule has 0 aromatic carbocycles. The highest BCUT2D eigenvalue weighted by atomic mass is 32.2. The minimum atomic E-state index is -3.03. The lowest BCUT2D eigenvalue weighted by atomic mass is 10.4. The molecule has 0 aromatic heterocycles. The van der Waals surface area contributed by atoms with Crippen LogP contribution in [0, 0.1) is 0 Å². The Labute approximate surface area is 96.0 Å². The Hall–Kier alpha value is -1.17. The van der Waals surface area contributed by atoms with Gasteiger partial charge in [0.25, 0.3) is 5.91 Å². The second-order valence-electron chi connectivity index (χ2n) is 3.23. The van der Waals surface area contributed by atoms with E-state index in [9.17, 15) is 18.0 Å². The van der Waals surface area contributed by atoms with Crippen molar-refractivity contribution in [3.8, 4) is 0 Å². The number of imide groups is 1. The van der Waals surface area contributed by atoms with Gasteiger partial charge in [-0.25, -0.2) is 8.42 Å². The van der Waals surface area contributed by atoms with Crippen LogP contribution < -0.4 is 0 Å². The monoisotopic (exact) mass is 247 g/mol. The van der Waals surface area contributed by atoms with E-state index >= 15 is 0 Å². The first-order valence-corrected chi connectivity index (χ1v) is 6.88. The zero-order valence-corrected chi connectivity index (χ0v) is 10.4. The molecule has 0 heterocycles. The van der Waals surface area contributed by atoms with Crippen LogP contribution in [0.1, 0.15) is 20.3 Å². The number of sulfone groups is 1. The molecule has 0 rings (SSSR count). The summed E-state index contributed by atoms with van der Waals surface area (Å²) in [4.78, 5) is 22.8. The quantitative estimate of drug-likeness (QED) is 0.481. The minimum absolute atomic E-state index is 0.00302. The average molecular weight is 247 g/mol. The van der Waals surface area contributed by atoms with Gasteiger partial charge >= 0.3 is 0 Å². The lowest BCUT2D eigenvalue weighted by Crippen LogP contribution is -2.30. The molecule has 0 atom stereocenters. The van der Waals surface area contributed by atoms with E-state index in [1.807, 2.05) is 0 Å². The number of carbonyl (C=O) groups is 2. The molecule has 2 amide bonds. The van der Waals surface area contributed by atoms with E-state index in [-0.39, 0.29) is 24.5 Å². The first-order chi connectivity index (χ1) is 7.46. The maximum absolute atomic E-state index is 11.3. The molecule has 6 heteroatoms. The number of hydrogen-bond acceptors (Lipinski definition) is 4. The van der Waals surface area contributed by atoms with Crippen molar-refractivity contribution >= 4 is 22.2 Å². The van der Waals surface area contributed by atoms with Crippen LogP contribution >= 0.6 is 0 Å². The highest BCUT2D eigenvalue weighted by molar-refractivity contribution is 7.91. The highest BCUT2D eigenvalue weighted by Crippen LogP contribution is 1.97. The fraction of sp³-hybridized carbons (Fsp3) is 0.600. The number of amides is 2. The summed E-state index contributed by atoms with van der Waals surface area (Å²) in [6.45, 7) is 3.37. The molecule has 0 N–H and O–H groups in total. The molecule has 0 aromatic rings. The Morgan fingerprint density at radius 3 is 2.44 bits per heavy atom. The Morgan fingerprint density at radius 1 is 1.38 bits per heavy atom. The van der Waals surface area contributed by atoms with Crippen LogP contribution in [0.4, 0.5) is 0 Å². The van der Waals surface area contributed by atoms with Crippen LogP contribution in [-0.2, 0) is 19.4 Å². The molecule has 0 fully saturated rings. The second-order valence-corrected chi connectivity index (χ2v) is 5.70. The highest BCUT2D eigenvalue weighted by Gasteiger charge is 2.11. The summed E-state index contributed by atoms with van der Waals surface area (Å²) in [5, 5.41) is 0. The predicted molar refractivity (Wildman–Crippen MR) is 61.5 cm³/mol. The van der Waals surface area contributed by atoms with E-state index in [1.165, 1.54) is 12.2 Å². The summed E-state index contributed by atoms with van der Waals surface area (Å²) in [7, 11) is -3.03. The third-order valence-corrected chi connectivity index (χ3v) is 3.80. The van der Waals surface area contributed by atoms with Crippen LogP contribution in [0.2, 0.25) is 0 Å². The molecule has 0 spiro atoms. The molecular formula is C10H17NO4S. The minimum Gasteiger partial charge on any atom is -0.282 e. The SMILES string of the molecule is C/C=C\C(=O)N(C=O)CCCS(=O)(=O)CC. The first kappa shape index (κ1) is 14.8. The third-order valence-electron chi connectivity index (χ3n) is 2.01. The van der Waals surface area contributed by atoms with Gasteiger partial charge in [0.15, 0.2) is 0 Å². The molecule has 0 saturated carbocycles. The molecule has 92 valence electrons. The Morgan fingerprint density at radius 2 is 2.00 bits per heavy atom. The van der Waals surface area contributed by atoms with Crippen molar-refractivity contribution in [2.75, 3.05) is 18.1 Å². The van der Waals surface area contributed by atoms with Crippen LogP contribution in [-0.4, -0.2) is 43.7 Å². The Balaban J connectivity index is 4.17. The van der Waals surface area contributed by atoms with Gasteiger partial charge in [-0.3, -0.25) is 14.5 Å². The molecule has 0 unspecified atom stereocenters. The molecule has 0 aliphatic carbocycles. The zero-order valence-electron chi connectivity index (χ0n) is 9.55. The maximum atomic E-state index is 11.3. The van der Waals surface area contributed by atoms with E-state index in [0.717, 1.165) is 4.90 Å². The van der Waals surface area contributed by atoms with Gasteiger partial charge in [0, 0.05) is 12.3 Å². The number of allylic oxidation sites excluding steroid dienone is 1. The van der Waals surface area contributed by atoms with E-state index in [2.05, 4.69) is 0 Å². The standard InChI is InChI=1S/C10H17NO4S/c1-3-6-10(13)11(9-12)7-5-8-16(14,15)4-2/h3,6,9H,4-5,7-8H2,1-2H3/b6-3-. The molecule has 16 heavy (non-hydrogen) atoms. The van der Waals surface area contributed by atoms with Crippen LogP contribution in [0.3, 0.4) is 0 Å². The Bertz CT molecular complexity index is 359. The predicted octanol–water partition coefficient (Wildman–Crippen LogP) is 0.372. The number of nitrogens with zero attached hydrogens (tertiary/aromatic N) is 1. The summed E-state index contributed by atoms with van der Waals surface area (Å²) in [5.74, 6) is -0.347. The first-order valence-electron chi connectivity index (χ1n) is 5.06. The average Bonchev–Trinajstić information content (AvgIpc) is 2.24. The smallest absolute Gasteiger partial charge is 0.252 e. The van der Waals surface area contributed by atoms with E-state index in [0.29, 0.717) is 6.41 Å². The molecule has 5 nitrogen and oxygen atoms in total. The number of carbonyl (C=O) groups excluding carboxylic acids is 2. The molecule has 0 bridgehead atoms. The molecule has 0 radical (unpaired) electrons. The van der Waals surface area contributed by atoms with Crippen molar-refractivity contribution in [1.29, 1.82) is 0 Å². The molecule has 0 saturated heterocycles. The molecular weight excluding hydrogens is 230 g/mol. The number of hydrogen-bond donors (Lipinski definition) is 0. The molecule has 0 aliphatic rings. The number of rotatable bonds is 7. The Kier molecular flexibility index (Phi) is 6.64. The fourth-order valence-corrected chi connectivity index (χ4v) is 1.91. The topological polar surface area (TPSA) is 71.5 Å². The maximum Gasteiger partial charge on any atom is 0.252 e. The van der Waals surface area contributed by atoms with E-state index in [4.69, 9.17) is 0 Å². The van der Waals surface area contributed by atoms with Crippen molar-refractivity contribution < 1.29 is 18.0 Å². The largest absolute Gasteiger partial charge is 0.282 e. The third kappa shape index (κ3) is 5.65. The summed E-state index contributed by atoms with van der Waals surface area (Å²) in [5.41, 5.74) is 0. The summed E-state index contributed by atoms with van der Waals surface area (Å²) in [6.07, 6.45) is 3.49.